The highest BCUT2D eigenvalue weighted by molar-refractivity contribution is 5.85. The fraction of sp³-hybridized carbons (Fsp3) is 0.944. The molecule has 4 aliphatic rings. The third-order valence-corrected chi connectivity index (χ3v) is 6.74. The quantitative estimate of drug-likeness (QED) is 0.859. The van der Waals surface area contributed by atoms with Gasteiger partial charge in [-0.1, -0.05) is 6.42 Å². The normalized spacial score (nSPS) is 40.2. The molecule has 3 nitrogen and oxygen atoms in total. The number of carbonyl (C=O) groups is 1. The van der Waals surface area contributed by atoms with Gasteiger partial charge in [-0.15, -0.1) is 12.4 Å². The molecule has 2 aliphatic carbocycles. The summed E-state index contributed by atoms with van der Waals surface area (Å²) in [5, 5.41) is 3.47. The summed E-state index contributed by atoms with van der Waals surface area (Å²) in [7, 11) is 0. The van der Waals surface area contributed by atoms with Crippen molar-refractivity contribution in [3.8, 4) is 0 Å². The molecule has 1 N–H and O–H groups in total. The average molecular weight is 327 g/mol. The summed E-state index contributed by atoms with van der Waals surface area (Å²) >= 11 is 0. The Balaban J connectivity index is 0.00000144. The van der Waals surface area contributed by atoms with E-state index < -0.39 is 0 Å². The van der Waals surface area contributed by atoms with Crippen molar-refractivity contribution in [2.45, 2.75) is 76.3 Å². The largest absolute Gasteiger partial charge is 0.340 e. The maximum atomic E-state index is 12.6. The molecular weight excluding hydrogens is 296 g/mol. The van der Waals surface area contributed by atoms with Crippen molar-refractivity contribution >= 4 is 18.3 Å². The summed E-state index contributed by atoms with van der Waals surface area (Å²) in [5.74, 6) is 3.41. The molecule has 1 amide bonds. The van der Waals surface area contributed by atoms with Crippen molar-refractivity contribution in [1.29, 1.82) is 0 Å². The van der Waals surface area contributed by atoms with E-state index in [9.17, 15) is 4.79 Å². The van der Waals surface area contributed by atoms with Gasteiger partial charge in [0.25, 0.3) is 0 Å². The average Bonchev–Trinajstić information content (AvgIpc) is 3.23. The topological polar surface area (TPSA) is 32.3 Å². The molecule has 22 heavy (non-hydrogen) atoms. The Morgan fingerprint density at radius 3 is 2.68 bits per heavy atom. The van der Waals surface area contributed by atoms with Gasteiger partial charge in [-0.05, 0) is 75.7 Å². The van der Waals surface area contributed by atoms with E-state index in [1.807, 2.05) is 0 Å². The van der Waals surface area contributed by atoms with E-state index in [2.05, 4.69) is 10.2 Å². The van der Waals surface area contributed by atoms with Crippen molar-refractivity contribution < 1.29 is 4.79 Å². The molecule has 4 rings (SSSR count). The molecule has 5 atom stereocenters. The lowest BCUT2D eigenvalue weighted by molar-refractivity contribution is -0.132. The highest BCUT2D eigenvalue weighted by Crippen LogP contribution is 2.50. The second kappa shape index (κ2) is 7.09. The van der Waals surface area contributed by atoms with Crippen molar-refractivity contribution in [3.05, 3.63) is 0 Å². The molecular formula is C18H31ClN2O. The number of amides is 1. The van der Waals surface area contributed by atoms with E-state index in [0.717, 1.165) is 37.3 Å². The van der Waals surface area contributed by atoms with Gasteiger partial charge in [0.15, 0.2) is 0 Å². The fourth-order valence-electron chi connectivity index (χ4n) is 5.68. The molecule has 0 spiro atoms. The summed E-state index contributed by atoms with van der Waals surface area (Å²) in [5.41, 5.74) is 0. The lowest BCUT2D eigenvalue weighted by atomic mass is 9.83. The minimum Gasteiger partial charge on any atom is -0.340 e. The van der Waals surface area contributed by atoms with Gasteiger partial charge in [-0.25, -0.2) is 0 Å². The number of nitrogens with one attached hydrogen (secondary N) is 1. The Bertz CT molecular complexity index is 397. The van der Waals surface area contributed by atoms with E-state index in [-0.39, 0.29) is 12.4 Å². The fourth-order valence-corrected chi connectivity index (χ4v) is 5.68. The summed E-state index contributed by atoms with van der Waals surface area (Å²) < 4.78 is 0. The molecule has 5 unspecified atom stereocenters. The highest BCUT2D eigenvalue weighted by Gasteiger charge is 2.42. The van der Waals surface area contributed by atoms with Crippen LogP contribution in [-0.4, -0.2) is 36.0 Å². The van der Waals surface area contributed by atoms with Crippen molar-refractivity contribution in [2.24, 2.45) is 17.8 Å². The van der Waals surface area contributed by atoms with Gasteiger partial charge in [-0.2, -0.15) is 0 Å². The third-order valence-electron chi connectivity index (χ3n) is 6.74. The first-order valence-corrected chi connectivity index (χ1v) is 9.32. The minimum atomic E-state index is 0. The first-order valence-electron chi connectivity index (χ1n) is 9.32. The molecule has 0 aromatic rings. The van der Waals surface area contributed by atoms with Gasteiger partial charge < -0.3 is 10.2 Å². The van der Waals surface area contributed by atoms with Crippen LogP contribution in [0.25, 0.3) is 0 Å². The number of likely N-dealkylation sites (tertiary alicyclic amines) is 1. The van der Waals surface area contributed by atoms with Crippen molar-refractivity contribution in [3.63, 3.8) is 0 Å². The second-order valence-corrected chi connectivity index (χ2v) is 8.05. The third kappa shape index (κ3) is 3.31. The summed E-state index contributed by atoms with van der Waals surface area (Å²) in [6.45, 7) is 2.13. The van der Waals surface area contributed by atoms with Crippen LogP contribution < -0.4 is 5.32 Å². The zero-order valence-electron chi connectivity index (χ0n) is 13.6. The lowest BCUT2D eigenvalue weighted by Crippen LogP contribution is -2.40. The van der Waals surface area contributed by atoms with Crippen molar-refractivity contribution in [2.75, 3.05) is 13.1 Å². The van der Waals surface area contributed by atoms with Crippen LogP contribution in [-0.2, 0) is 4.79 Å². The molecule has 126 valence electrons. The standard InChI is InChI=1S/C18H30N2O.ClH/c21-18(12-16-3-1-7-19-16)20-8-2-4-17(20)11-15-10-13-5-6-14(15)9-13;/h13-17,19H,1-12H2;1H. The summed E-state index contributed by atoms with van der Waals surface area (Å²) in [4.78, 5) is 14.9. The number of nitrogens with zero attached hydrogens (tertiary/aromatic N) is 1. The molecule has 2 bridgehead atoms. The SMILES string of the molecule is Cl.O=C(CC1CCCN1)N1CCCC1CC1CC2CCC1C2. The van der Waals surface area contributed by atoms with E-state index in [1.165, 1.54) is 57.8 Å². The first kappa shape index (κ1) is 16.6. The van der Waals surface area contributed by atoms with Gasteiger partial charge in [0.1, 0.15) is 0 Å². The second-order valence-electron chi connectivity index (χ2n) is 8.05. The number of rotatable bonds is 4. The molecule has 2 saturated heterocycles. The Labute approximate surface area is 141 Å². The Morgan fingerprint density at radius 2 is 2.00 bits per heavy atom. The first-order chi connectivity index (χ1) is 10.3. The number of halogens is 1. The van der Waals surface area contributed by atoms with Crippen LogP contribution in [0.15, 0.2) is 0 Å². The molecule has 4 fully saturated rings. The lowest BCUT2D eigenvalue weighted by Gasteiger charge is -2.31. The van der Waals surface area contributed by atoms with Gasteiger partial charge in [-0.3, -0.25) is 4.79 Å². The predicted octanol–water partition coefficient (Wildman–Crippen LogP) is 3.37. The van der Waals surface area contributed by atoms with E-state index in [0.29, 0.717) is 18.0 Å². The van der Waals surface area contributed by atoms with Crippen LogP contribution in [0.1, 0.15) is 64.2 Å². The minimum absolute atomic E-state index is 0. The summed E-state index contributed by atoms with van der Waals surface area (Å²) in [6.07, 6.45) is 12.9. The molecule has 0 aromatic heterocycles. The van der Waals surface area contributed by atoms with Crippen molar-refractivity contribution in [1.82, 2.24) is 10.2 Å². The van der Waals surface area contributed by atoms with Crippen LogP contribution in [0.4, 0.5) is 0 Å². The molecule has 0 aromatic carbocycles. The molecule has 2 heterocycles. The Hall–Kier alpha value is -0.280. The summed E-state index contributed by atoms with van der Waals surface area (Å²) in [6, 6.07) is 1.03. The number of carbonyl (C=O) groups excluding carboxylic acids is 1. The van der Waals surface area contributed by atoms with Crippen LogP contribution in [0.2, 0.25) is 0 Å². The smallest absolute Gasteiger partial charge is 0.224 e. The highest BCUT2D eigenvalue weighted by atomic mass is 35.5. The maximum Gasteiger partial charge on any atom is 0.224 e. The van der Waals surface area contributed by atoms with Gasteiger partial charge >= 0.3 is 0 Å². The van der Waals surface area contributed by atoms with Crippen LogP contribution >= 0.6 is 12.4 Å². The number of hydrogen-bond acceptors (Lipinski definition) is 2. The molecule has 0 radical (unpaired) electrons. The van der Waals surface area contributed by atoms with Crippen LogP contribution in [0.3, 0.4) is 0 Å². The molecule has 2 saturated carbocycles. The number of hydrogen-bond donors (Lipinski definition) is 1. The van der Waals surface area contributed by atoms with Crippen LogP contribution in [0.5, 0.6) is 0 Å². The van der Waals surface area contributed by atoms with Crippen LogP contribution in [0, 0.1) is 17.8 Å². The van der Waals surface area contributed by atoms with E-state index in [4.69, 9.17) is 0 Å². The van der Waals surface area contributed by atoms with Gasteiger partial charge in [0, 0.05) is 25.0 Å². The number of fused-ring (bicyclic) bond motifs is 2. The van der Waals surface area contributed by atoms with Gasteiger partial charge in [0.2, 0.25) is 5.91 Å². The zero-order valence-corrected chi connectivity index (χ0v) is 14.5. The maximum absolute atomic E-state index is 12.6. The zero-order chi connectivity index (χ0) is 14.2. The Kier molecular flexibility index (Phi) is 5.34. The molecule has 2 aliphatic heterocycles. The Morgan fingerprint density at radius 1 is 1.09 bits per heavy atom. The van der Waals surface area contributed by atoms with E-state index >= 15 is 0 Å². The van der Waals surface area contributed by atoms with Gasteiger partial charge in [0.05, 0.1) is 0 Å². The molecule has 4 heteroatoms. The monoisotopic (exact) mass is 326 g/mol. The van der Waals surface area contributed by atoms with E-state index in [1.54, 1.807) is 0 Å². The predicted molar refractivity (Wildman–Crippen MR) is 91.2 cm³/mol.